The van der Waals surface area contributed by atoms with Gasteiger partial charge in [0.2, 0.25) is 5.91 Å². The summed E-state index contributed by atoms with van der Waals surface area (Å²) in [6, 6.07) is 8.46. The number of nitrogens with one attached hydrogen (secondary N) is 3. The largest absolute Gasteiger partial charge is 0.350 e. The third-order valence-electron chi connectivity index (χ3n) is 3.70. The van der Waals surface area contributed by atoms with Gasteiger partial charge in [-0.1, -0.05) is 24.3 Å². The molecule has 0 saturated heterocycles. The van der Waals surface area contributed by atoms with Crippen LogP contribution in [0.25, 0.3) is 0 Å². The number of benzene rings is 1. The molecule has 3 N–H and O–H groups in total. The molecule has 1 amide bonds. The predicted molar refractivity (Wildman–Crippen MR) is 86.0 cm³/mol. The Kier molecular flexibility index (Phi) is 5.01. The Morgan fingerprint density at radius 3 is 2.76 bits per heavy atom. The lowest BCUT2D eigenvalue weighted by atomic mass is 9.98. The third-order valence-corrected chi connectivity index (χ3v) is 3.70. The molecule has 0 aliphatic carbocycles. The zero-order valence-electron chi connectivity index (χ0n) is 13.5. The lowest BCUT2D eigenvalue weighted by molar-refractivity contribution is -0.124. The van der Waals surface area contributed by atoms with Crippen LogP contribution in [0.3, 0.4) is 0 Å². The number of hydrogen-bond donors (Lipinski definition) is 3. The van der Waals surface area contributed by atoms with Gasteiger partial charge in [-0.05, 0) is 51.8 Å². The predicted octanol–water partition coefficient (Wildman–Crippen LogP) is 2.11. The van der Waals surface area contributed by atoms with Crippen LogP contribution < -0.4 is 16.0 Å². The second-order valence-corrected chi connectivity index (χ2v) is 6.84. The van der Waals surface area contributed by atoms with Crippen LogP contribution in [0, 0.1) is 0 Å². The minimum absolute atomic E-state index is 0.0530. The molecule has 1 aliphatic rings. The maximum atomic E-state index is 12.2. The Labute approximate surface area is 127 Å². The minimum atomic E-state index is -0.208. The first-order valence-electron chi connectivity index (χ1n) is 7.73. The van der Waals surface area contributed by atoms with Crippen molar-refractivity contribution < 1.29 is 4.79 Å². The quantitative estimate of drug-likeness (QED) is 0.799. The normalized spacial score (nSPS) is 20.3. The Morgan fingerprint density at radius 1 is 1.33 bits per heavy atom. The van der Waals surface area contributed by atoms with Gasteiger partial charge in [0.05, 0.1) is 6.04 Å². The summed E-state index contributed by atoms with van der Waals surface area (Å²) >= 11 is 0. The van der Waals surface area contributed by atoms with Crippen LogP contribution in [-0.4, -0.2) is 24.0 Å². The highest BCUT2D eigenvalue weighted by molar-refractivity contribution is 5.82. The number of fused-ring (bicyclic) bond motifs is 1. The number of rotatable bonds is 3. The molecular weight excluding hydrogens is 262 g/mol. The Hall–Kier alpha value is -1.39. The summed E-state index contributed by atoms with van der Waals surface area (Å²) in [7, 11) is 0. The summed E-state index contributed by atoms with van der Waals surface area (Å²) in [5, 5.41) is 9.95. The van der Waals surface area contributed by atoms with Gasteiger partial charge in [-0.25, -0.2) is 0 Å². The molecule has 21 heavy (non-hydrogen) atoms. The maximum Gasteiger partial charge on any atom is 0.237 e. The molecule has 1 aliphatic heterocycles. The van der Waals surface area contributed by atoms with Crippen LogP contribution in [0.1, 0.15) is 51.3 Å². The second-order valence-electron chi connectivity index (χ2n) is 6.84. The van der Waals surface area contributed by atoms with Gasteiger partial charge in [0.25, 0.3) is 0 Å². The zero-order chi connectivity index (χ0) is 15.5. The van der Waals surface area contributed by atoms with E-state index in [-0.39, 0.29) is 23.5 Å². The minimum Gasteiger partial charge on any atom is -0.350 e. The van der Waals surface area contributed by atoms with E-state index in [2.05, 4.69) is 40.2 Å². The molecule has 1 aromatic rings. The van der Waals surface area contributed by atoms with Gasteiger partial charge in [0.15, 0.2) is 0 Å². The summed E-state index contributed by atoms with van der Waals surface area (Å²) < 4.78 is 0. The summed E-state index contributed by atoms with van der Waals surface area (Å²) in [6.07, 6.45) is 0.990. The van der Waals surface area contributed by atoms with Gasteiger partial charge in [-0.2, -0.15) is 0 Å². The van der Waals surface area contributed by atoms with E-state index < -0.39 is 0 Å². The van der Waals surface area contributed by atoms with Gasteiger partial charge >= 0.3 is 0 Å². The van der Waals surface area contributed by atoms with Crippen LogP contribution in [0.15, 0.2) is 24.3 Å². The van der Waals surface area contributed by atoms with Crippen molar-refractivity contribution in [2.24, 2.45) is 0 Å². The molecule has 2 atom stereocenters. The summed E-state index contributed by atoms with van der Waals surface area (Å²) in [4.78, 5) is 12.2. The molecule has 1 heterocycles. The van der Waals surface area contributed by atoms with Crippen molar-refractivity contribution in [2.45, 2.75) is 58.3 Å². The number of hydrogen-bond acceptors (Lipinski definition) is 3. The van der Waals surface area contributed by atoms with Crippen molar-refractivity contribution in [2.75, 3.05) is 6.54 Å². The average molecular weight is 289 g/mol. The Morgan fingerprint density at radius 2 is 2.05 bits per heavy atom. The van der Waals surface area contributed by atoms with E-state index in [1.165, 1.54) is 11.1 Å². The van der Waals surface area contributed by atoms with Crippen LogP contribution in [-0.2, 0) is 11.3 Å². The summed E-state index contributed by atoms with van der Waals surface area (Å²) in [5.74, 6) is 0.0530. The number of amides is 1. The molecular formula is C17H27N3O. The van der Waals surface area contributed by atoms with Crippen molar-refractivity contribution in [3.05, 3.63) is 35.4 Å². The third kappa shape index (κ3) is 4.55. The number of carbonyl (C=O) groups excluding carboxylic acids is 1. The van der Waals surface area contributed by atoms with Gasteiger partial charge in [0, 0.05) is 18.1 Å². The van der Waals surface area contributed by atoms with Crippen LogP contribution in [0.4, 0.5) is 0 Å². The van der Waals surface area contributed by atoms with E-state index in [0.717, 1.165) is 19.5 Å². The first kappa shape index (κ1) is 16.0. The smallest absolute Gasteiger partial charge is 0.237 e. The van der Waals surface area contributed by atoms with Gasteiger partial charge in [-0.15, -0.1) is 0 Å². The molecule has 4 heteroatoms. The fourth-order valence-electron chi connectivity index (χ4n) is 2.69. The van der Waals surface area contributed by atoms with Gasteiger partial charge in [-0.3, -0.25) is 10.1 Å². The molecule has 116 valence electrons. The first-order valence-corrected chi connectivity index (χ1v) is 7.73. The lowest BCUT2D eigenvalue weighted by Crippen LogP contribution is -2.50. The number of carbonyl (C=O) groups is 1. The van der Waals surface area contributed by atoms with Crippen LogP contribution in [0.2, 0.25) is 0 Å². The molecule has 4 nitrogen and oxygen atoms in total. The Balaban J connectivity index is 2.07. The second kappa shape index (κ2) is 6.58. The molecule has 2 rings (SSSR count). The maximum absolute atomic E-state index is 12.2. The Bertz CT molecular complexity index is 493. The van der Waals surface area contributed by atoms with Crippen molar-refractivity contribution in [1.82, 2.24) is 16.0 Å². The van der Waals surface area contributed by atoms with E-state index >= 15 is 0 Å². The summed E-state index contributed by atoms with van der Waals surface area (Å²) in [5.41, 5.74) is 2.42. The van der Waals surface area contributed by atoms with E-state index in [9.17, 15) is 4.79 Å². The van der Waals surface area contributed by atoms with E-state index in [4.69, 9.17) is 0 Å². The fraction of sp³-hybridized carbons (Fsp3) is 0.588. The standard InChI is InChI=1S/C17H27N3O/c1-12(16(21)20-17(2,3)4)19-15-9-10-18-11-13-7-5-6-8-14(13)15/h5-8,12,15,18-19H,9-11H2,1-4H3,(H,20,21). The van der Waals surface area contributed by atoms with Crippen molar-refractivity contribution in [3.63, 3.8) is 0 Å². The highest BCUT2D eigenvalue weighted by atomic mass is 16.2. The van der Waals surface area contributed by atoms with Gasteiger partial charge < -0.3 is 10.6 Å². The molecule has 0 aromatic heterocycles. The molecule has 0 spiro atoms. The highest BCUT2D eigenvalue weighted by Gasteiger charge is 2.24. The van der Waals surface area contributed by atoms with Crippen molar-refractivity contribution in [1.29, 1.82) is 0 Å². The fourth-order valence-corrected chi connectivity index (χ4v) is 2.69. The molecule has 0 bridgehead atoms. The van der Waals surface area contributed by atoms with E-state index in [1.54, 1.807) is 0 Å². The van der Waals surface area contributed by atoms with E-state index in [1.807, 2.05) is 27.7 Å². The van der Waals surface area contributed by atoms with Crippen molar-refractivity contribution in [3.8, 4) is 0 Å². The topological polar surface area (TPSA) is 53.2 Å². The first-order chi connectivity index (χ1) is 9.87. The van der Waals surface area contributed by atoms with Gasteiger partial charge in [0.1, 0.15) is 0 Å². The van der Waals surface area contributed by atoms with E-state index in [0.29, 0.717) is 0 Å². The molecule has 1 aromatic carbocycles. The molecule has 0 radical (unpaired) electrons. The average Bonchev–Trinajstić information content (AvgIpc) is 2.60. The lowest BCUT2D eigenvalue weighted by Gasteiger charge is -2.27. The van der Waals surface area contributed by atoms with Crippen LogP contribution in [0.5, 0.6) is 0 Å². The molecule has 2 unspecified atom stereocenters. The highest BCUT2D eigenvalue weighted by Crippen LogP contribution is 2.23. The molecule has 0 fully saturated rings. The monoisotopic (exact) mass is 289 g/mol. The summed E-state index contributed by atoms with van der Waals surface area (Å²) in [6.45, 7) is 9.80. The molecule has 0 saturated carbocycles. The van der Waals surface area contributed by atoms with Crippen LogP contribution >= 0.6 is 0 Å². The SMILES string of the molecule is CC(NC1CCNCc2ccccc21)C(=O)NC(C)(C)C. The van der Waals surface area contributed by atoms with Crippen molar-refractivity contribution >= 4 is 5.91 Å². The zero-order valence-corrected chi connectivity index (χ0v) is 13.5.